The van der Waals surface area contributed by atoms with Gasteiger partial charge in [0.25, 0.3) is 0 Å². The number of nitrogens with zero attached hydrogens (tertiary/aromatic N) is 1. The van der Waals surface area contributed by atoms with Crippen LogP contribution in [0.5, 0.6) is 0 Å². The molecule has 2 aliphatic rings. The topological polar surface area (TPSA) is 3.24 Å². The molecule has 0 aromatic heterocycles. The van der Waals surface area contributed by atoms with Crippen LogP contribution >= 0.6 is 0 Å². The molecule has 348 valence electrons. The molecule has 1 heterocycles. The molecule has 0 amide bonds. The van der Waals surface area contributed by atoms with Crippen molar-refractivity contribution in [2.45, 2.75) is 12.3 Å². The SMILES string of the molecule is CC1(c2ccccc2)c2ccccc2-c2ccc(-c3ccc(N(c4ccc(-c5ccc6ccccc6c5)cc4)c4cccc([Si]5(c6cccc(-c7ccccc7)c6)c6ccccc6-c6ccccc65)c4)cc3)cc21. The van der Waals surface area contributed by atoms with Gasteiger partial charge in [-0.3, -0.25) is 0 Å². The van der Waals surface area contributed by atoms with Gasteiger partial charge in [0.05, 0.1) is 0 Å². The Bertz CT molecular complexity index is 4040. The quantitative estimate of drug-likeness (QED) is 0.130. The van der Waals surface area contributed by atoms with Crippen molar-refractivity contribution in [3.05, 3.63) is 308 Å². The van der Waals surface area contributed by atoms with Crippen molar-refractivity contribution in [1.82, 2.24) is 0 Å². The Hall–Kier alpha value is -9.08. The Morgan fingerprint density at radius 2 is 0.757 bits per heavy atom. The van der Waals surface area contributed by atoms with Crippen LogP contribution in [0.2, 0.25) is 0 Å². The number of rotatable bonds is 9. The van der Waals surface area contributed by atoms with Gasteiger partial charge in [0.2, 0.25) is 0 Å². The Balaban J connectivity index is 0.922. The molecule has 0 radical (unpaired) electrons. The molecule has 1 unspecified atom stereocenters. The highest BCUT2D eigenvalue weighted by atomic mass is 28.3. The third-order valence-electron chi connectivity index (χ3n) is 16.2. The summed E-state index contributed by atoms with van der Waals surface area (Å²) in [6.45, 7) is 2.40. The van der Waals surface area contributed by atoms with Gasteiger partial charge in [-0.25, -0.2) is 0 Å². The second kappa shape index (κ2) is 17.6. The van der Waals surface area contributed by atoms with E-state index in [1.807, 2.05) is 0 Å². The molecule has 0 N–H and O–H groups in total. The lowest BCUT2D eigenvalue weighted by Gasteiger charge is -2.33. The smallest absolute Gasteiger partial charge is 0.180 e. The maximum absolute atomic E-state index is 2.89. The van der Waals surface area contributed by atoms with E-state index in [1.165, 1.54) is 104 Å². The molecule has 1 aliphatic heterocycles. The van der Waals surface area contributed by atoms with E-state index in [0.29, 0.717) is 0 Å². The van der Waals surface area contributed by atoms with E-state index in [-0.39, 0.29) is 5.41 Å². The Morgan fingerprint density at radius 3 is 1.45 bits per heavy atom. The molecule has 14 rings (SSSR count). The minimum Gasteiger partial charge on any atom is -0.311 e. The van der Waals surface area contributed by atoms with Gasteiger partial charge in [0.1, 0.15) is 0 Å². The molecule has 1 aliphatic carbocycles. The van der Waals surface area contributed by atoms with Gasteiger partial charge in [-0.1, -0.05) is 243 Å². The second-order valence-electron chi connectivity index (χ2n) is 20.1. The fraction of sp³-hybridized carbons (Fsp3) is 0.0278. The van der Waals surface area contributed by atoms with Crippen LogP contribution in [0.3, 0.4) is 0 Å². The molecular formula is C72H51NSi. The first-order valence-corrected chi connectivity index (χ1v) is 27.8. The van der Waals surface area contributed by atoms with Crippen molar-refractivity contribution in [2.75, 3.05) is 4.90 Å². The van der Waals surface area contributed by atoms with Crippen molar-refractivity contribution in [2.24, 2.45) is 0 Å². The Kier molecular flexibility index (Phi) is 10.4. The normalized spacial score (nSPS) is 14.7. The minimum absolute atomic E-state index is 0.270. The van der Waals surface area contributed by atoms with E-state index in [9.17, 15) is 0 Å². The number of hydrogen-bond acceptors (Lipinski definition) is 1. The summed E-state index contributed by atoms with van der Waals surface area (Å²) in [5.41, 5.74) is 19.6. The number of benzene rings is 12. The molecule has 1 atom stereocenters. The van der Waals surface area contributed by atoms with E-state index >= 15 is 0 Å². The fourth-order valence-corrected chi connectivity index (χ4v) is 17.9. The van der Waals surface area contributed by atoms with Crippen molar-refractivity contribution in [1.29, 1.82) is 0 Å². The maximum Gasteiger partial charge on any atom is 0.180 e. The van der Waals surface area contributed by atoms with Crippen molar-refractivity contribution >= 4 is 56.7 Å². The van der Waals surface area contributed by atoms with Gasteiger partial charge in [0.15, 0.2) is 8.07 Å². The number of fused-ring (bicyclic) bond motifs is 7. The summed E-state index contributed by atoms with van der Waals surface area (Å²) in [4.78, 5) is 2.46. The van der Waals surface area contributed by atoms with E-state index in [1.54, 1.807) is 0 Å². The molecule has 2 heteroatoms. The van der Waals surface area contributed by atoms with Crippen LogP contribution < -0.4 is 25.6 Å². The standard InChI is InChI=1S/C72H51NSi/c1-72(58-23-6-3-7-24-58)68-31-13-10-28-64(68)65-45-40-57(48-69(65)72)53-38-43-60(44-39-53)73(59-41-36-52(37-42-59)56-35-34-51-20-8-9-21-54(51)46-56)61-25-17-27-63(49-61)74(62-26-16-22-55(47-62)50-18-4-2-5-19-50)70-32-14-11-29-66(70)67-30-12-15-33-71(67)74/h2-49H,1H3. The van der Waals surface area contributed by atoms with Gasteiger partial charge in [-0.15, -0.1) is 0 Å². The molecule has 12 aromatic rings. The molecule has 12 aromatic carbocycles. The molecule has 1 nitrogen and oxygen atoms in total. The molecule has 0 saturated heterocycles. The number of anilines is 3. The van der Waals surface area contributed by atoms with E-state index < -0.39 is 8.07 Å². The van der Waals surface area contributed by atoms with E-state index in [0.717, 1.165) is 17.1 Å². The zero-order valence-corrected chi connectivity index (χ0v) is 42.2. The first-order valence-electron chi connectivity index (χ1n) is 25.8. The zero-order valence-electron chi connectivity index (χ0n) is 41.2. The predicted molar refractivity (Wildman–Crippen MR) is 315 cm³/mol. The van der Waals surface area contributed by atoms with Gasteiger partial charge < -0.3 is 4.90 Å². The minimum atomic E-state index is -2.89. The van der Waals surface area contributed by atoms with Gasteiger partial charge >= 0.3 is 0 Å². The molecule has 0 fully saturated rings. The van der Waals surface area contributed by atoms with Crippen LogP contribution in [0.1, 0.15) is 23.6 Å². The van der Waals surface area contributed by atoms with Crippen LogP contribution in [-0.2, 0) is 5.41 Å². The zero-order chi connectivity index (χ0) is 49.2. The molecule has 74 heavy (non-hydrogen) atoms. The van der Waals surface area contributed by atoms with Gasteiger partial charge in [-0.2, -0.15) is 0 Å². The highest BCUT2D eigenvalue weighted by Gasteiger charge is 2.49. The van der Waals surface area contributed by atoms with E-state index in [2.05, 4.69) is 303 Å². The second-order valence-corrected chi connectivity index (χ2v) is 23.9. The summed E-state index contributed by atoms with van der Waals surface area (Å²) in [5, 5.41) is 8.09. The monoisotopic (exact) mass is 957 g/mol. The lowest BCUT2D eigenvalue weighted by Crippen LogP contribution is -2.72. The van der Waals surface area contributed by atoms with Crippen molar-refractivity contribution in [3.8, 4) is 55.6 Å². The van der Waals surface area contributed by atoms with Gasteiger partial charge in [-0.05, 0) is 159 Å². The average Bonchev–Trinajstić information content (AvgIpc) is 3.98. The lowest BCUT2D eigenvalue weighted by atomic mass is 9.74. The summed E-state index contributed by atoms with van der Waals surface area (Å²) in [6, 6.07) is 109. The van der Waals surface area contributed by atoms with E-state index in [4.69, 9.17) is 0 Å². The first-order chi connectivity index (χ1) is 36.6. The molecule has 0 spiro atoms. The summed E-state index contributed by atoms with van der Waals surface area (Å²) in [5.74, 6) is 0. The van der Waals surface area contributed by atoms with Crippen LogP contribution in [0.15, 0.2) is 291 Å². The van der Waals surface area contributed by atoms with Crippen molar-refractivity contribution in [3.63, 3.8) is 0 Å². The number of hydrogen-bond donors (Lipinski definition) is 0. The first kappa shape index (κ1) is 43.7. The van der Waals surface area contributed by atoms with Crippen LogP contribution in [0.25, 0.3) is 66.4 Å². The summed E-state index contributed by atoms with van der Waals surface area (Å²) in [6.07, 6.45) is 0. The molecule has 0 saturated carbocycles. The van der Waals surface area contributed by atoms with Crippen molar-refractivity contribution < 1.29 is 0 Å². The highest BCUT2D eigenvalue weighted by molar-refractivity contribution is 7.22. The predicted octanol–water partition coefficient (Wildman–Crippen LogP) is 16.0. The lowest BCUT2D eigenvalue weighted by molar-refractivity contribution is 0.714. The van der Waals surface area contributed by atoms with Crippen LogP contribution in [0.4, 0.5) is 17.1 Å². The van der Waals surface area contributed by atoms with Gasteiger partial charge in [0, 0.05) is 22.5 Å². The maximum atomic E-state index is 2.51. The molecule has 0 bridgehead atoms. The Morgan fingerprint density at radius 1 is 0.284 bits per heavy atom. The molecular weight excluding hydrogens is 907 g/mol. The van der Waals surface area contributed by atoms with Crippen LogP contribution in [0, 0.1) is 0 Å². The summed E-state index contributed by atoms with van der Waals surface area (Å²) >= 11 is 0. The largest absolute Gasteiger partial charge is 0.311 e. The summed E-state index contributed by atoms with van der Waals surface area (Å²) < 4.78 is 0. The third-order valence-corrected chi connectivity index (χ3v) is 21.1. The third kappa shape index (κ3) is 6.90. The highest BCUT2D eigenvalue weighted by Crippen LogP contribution is 2.53. The van der Waals surface area contributed by atoms with Crippen LogP contribution in [-0.4, -0.2) is 8.07 Å². The Labute approximate surface area is 435 Å². The average molecular weight is 958 g/mol. The fourth-order valence-electron chi connectivity index (χ4n) is 12.6. The summed E-state index contributed by atoms with van der Waals surface area (Å²) in [7, 11) is -2.89.